The topological polar surface area (TPSA) is 63.1 Å². The van der Waals surface area contributed by atoms with Gasteiger partial charge in [-0.25, -0.2) is 9.78 Å². The Labute approximate surface area is 119 Å². The van der Waals surface area contributed by atoms with Gasteiger partial charge in [-0.3, -0.25) is 4.98 Å². The minimum absolute atomic E-state index is 0.253. The van der Waals surface area contributed by atoms with Crippen LogP contribution in [-0.2, 0) is 0 Å². The van der Waals surface area contributed by atoms with E-state index in [0.29, 0.717) is 10.7 Å². The fourth-order valence-electron chi connectivity index (χ4n) is 1.87. The number of thiazole rings is 1. The van der Waals surface area contributed by atoms with Crippen LogP contribution in [0.3, 0.4) is 0 Å². The van der Waals surface area contributed by atoms with Crippen LogP contribution in [0, 0.1) is 0 Å². The van der Waals surface area contributed by atoms with Crippen LogP contribution in [0.15, 0.2) is 54.9 Å². The minimum atomic E-state index is -0.957. The van der Waals surface area contributed by atoms with Crippen molar-refractivity contribution in [1.82, 2.24) is 9.97 Å². The van der Waals surface area contributed by atoms with E-state index >= 15 is 0 Å². The van der Waals surface area contributed by atoms with E-state index in [2.05, 4.69) is 9.97 Å². The van der Waals surface area contributed by atoms with Gasteiger partial charge in [0.1, 0.15) is 9.88 Å². The number of aromatic carboxylic acids is 1. The summed E-state index contributed by atoms with van der Waals surface area (Å²) in [6.07, 6.45) is 3.33. The molecule has 2 heterocycles. The SMILES string of the molecule is O=C(O)c1sc(-c2ccncc2)nc1-c1ccccc1. The van der Waals surface area contributed by atoms with Crippen molar-refractivity contribution < 1.29 is 9.90 Å². The Morgan fingerprint density at radius 1 is 1.00 bits per heavy atom. The highest BCUT2D eigenvalue weighted by Crippen LogP contribution is 2.33. The molecule has 98 valence electrons. The van der Waals surface area contributed by atoms with Crippen molar-refractivity contribution in [3.8, 4) is 21.8 Å². The molecule has 4 nitrogen and oxygen atoms in total. The summed E-state index contributed by atoms with van der Waals surface area (Å²) in [5, 5.41) is 10.0. The zero-order valence-electron chi connectivity index (χ0n) is 10.4. The monoisotopic (exact) mass is 282 g/mol. The zero-order chi connectivity index (χ0) is 13.9. The first-order chi connectivity index (χ1) is 9.75. The van der Waals surface area contributed by atoms with Crippen LogP contribution in [-0.4, -0.2) is 21.0 Å². The van der Waals surface area contributed by atoms with Crippen LogP contribution >= 0.6 is 11.3 Å². The van der Waals surface area contributed by atoms with Gasteiger partial charge in [0.15, 0.2) is 0 Å². The molecule has 0 saturated carbocycles. The van der Waals surface area contributed by atoms with E-state index in [4.69, 9.17) is 0 Å². The molecule has 3 rings (SSSR count). The Morgan fingerprint density at radius 2 is 1.70 bits per heavy atom. The van der Waals surface area contributed by atoms with Gasteiger partial charge in [-0.15, -0.1) is 11.3 Å². The Bertz CT molecular complexity index is 739. The standard InChI is InChI=1S/C15H10N2O2S/c18-15(19)13-12(10-4-2-1-3-5-10)17-14(20-13)11-6-8-16-9-7-11/h1-9H,(H,18,19). The summed E-state index contributed by atoms with van der Waals surface area (Å²) in [4.78, 5) is 20.1. The molecule has 0 bridgehead atoms. The summed E-state index contributed by atoms with van der Waals surface area (Å²) in [6.45, 7) is 0. The Hall–Kier alpha value is -2.53. The lowest BCUT2D eigenvalue weighted by Gasteiger charge is -1.97. The largest absolute Gasteiger partial charge is 0.477 e. The average molecular weight is 282 g/mol. The van der Waals surface area contributed by atoms with Gasteiger partial charge in [0.2, 0.25) is 0 Å². The highest BCUT2D eigenvalue weighted by molar-refractivity contribution is 7.17. The number of benzene rings is 1. The summed E-state index contributed by atoms with van der Waals surface area (Å²) in [5.41, 5.74) is 2.19. The van der Waals surface area contributed by atoms with Crippen molar-refractivity contribution in [2.75, 3.05) is 0 Å². The van der Waals surface area contributed by atoms with E-state index in [0.717, 1.165) is 11.1 Å². The Morgan fingerprint density at radius 3 is 2.35 bits per heavy atom. The third-order valence-corrected chi connectivity index (χ3v) is 3.89. The molecule has 0 saturated heterocycles. The first kappa shape index (κ1) is 12.5. The van der Waals surface area contributed by atoms with E-state index in [1.54, 1.807) is 12.4 Å². The number of carbonyl (C=O) groups is 1. The van der Waals surface area contributed by atoms with Gasteiger partial charge in [-0.05, 0) is 12.1 Å². The fraction of sp³-hybridized carbons (Fsp3) is 0. The number of aromatic nitrogens is 2. The van der Waals surface area contributed by atoms with Crippen LogP contribution in [0.1, 0.15) is 9.67 Å². The summed E-state index contributed by atoms with van der Waals surface area (Å²) in [5.74, 6) is -0.957. The molecule has 0 aliphatic heterocycles. The zero-order valence-corrected chi connectivity index (χ0v) is 11.2. The maximum atomic E-state index is 11.4. The van der Waals surface area contributed by atoms with Gasteiger partial charge in [0, 0.05) is 23.5 Å². The van der Waals surface area contributed by atoms with Crippen molar-refractivity contribution in [2.45, 2.75) is 0 Å². The van der Waals surface area contributed by atoms with E-state index in [-0.39, 0.29) is 4.88 Å². The predicted octanol–water partition coefficient (Wildman–Crippen LogP) is 3.57. The predicted molar refractivity (Wildman–Crippen MR) is 77.7 cm³/mol. The third-order valence-electron chi connectivity index (χ3n) is 2.80. The second-order valence-electron chi connectivity index (χ2n) is 4.10. The van der Waals surface area contributed by atoms with Crippen molar-refractivity contribution in [2.24, 2.45) is 0 Å². The van der Waals surface area contributed by atoms with Crippen molar-refractivity contribution >= 4 is 17.3 Å². The molecule has 0 fully saturated rings. The molecule has 0 atom stereocenters. The molecule has 1 aromatic carbocycles. The van der Waals surface area contributed by atoms with Gasteiger partial charge < -0.3 is 5.11 Å². The van der Waals surface area contributed by atoms with Crippen molar-refractivity contribution in [1.29, 1.82) is 0 Å². The normalized spacial score (nSPS) is 10.4. The van der Waals surface area contributed by atoms with Crippen LogP contribution in [0.5, 0.6) is 0 Å². The van der Waals surface area contributed by atoms with E-state index in [1.165, 1.54) is 11.3 Å². The molecule has 20 heavy (non-hydrogen) atoms. The summed E-state index contributed by atoms with van der Waals surface area (Å²) in [7, 11) is 0. The lowest BCUT2D eigenvalue weighted by molar-refractivity contribution is 0.0702. The van der Waals surface area contributed by atoms with Gasteiger partial charge in [-0.2, -0.15) is 0 Å². The molecular weight excluding hydrogens is 272 g/mol. The van der Waals surface area contributed by atoms with E-state index in [1.807, 2.05) is 42.5 Å². The number of rotatable bonds is 3. The van der Waals surface area contributed by atoms with Gasteiger partial charge in [0.05, 0.1) is 5.69 Å². The van der Waals surface area contributed by atoms with Gasteiger partial charge in [0.25, 0.3) is 0 Å². The summed E-state index contributed by atoms with van der Waals surface area (Å²) >= 11 is 1.18. The minimum Gasteiger partial charge on any atom is -0.477 e. The molecule has 0 radical (unpaired) electrons. The quantitative estimate of drug-likeness (QED) is 0.797. The van der Waals surface area contributed by atoms with Crippen LogP contribution in [0.4, 0.5) is 0 Å². The highest BCUT2D eigenvalue weighted by atomic mass is 32.1. The van der Waals surface area contributed by atoms with Crippen molar-refractivity contribution in [3.63, 3.8) is 0 Å². The molecule has 1 N–H and O–H groups in total. The van der Waals surface area contributed by atoms with E-state index in [9.17, 15) is 9.90 Å². The van der Waals surface area contributed by atoms with Crippen LogP contribution in [0.25, 0.3) is 21.8 Å². The Balaban J connectivity index is 2.15. The molecule has 0 unspecified atom stereocenters. The van der Waals surface area contributed by atoms with Crippen LogP contribution in [0.2, 0.25) is 0 Å². The first-order valence-electron chi connectivity index (χ1n) is 5.95. The lowest BCUT2D eigenvalue weighted by atomic mass is 10.1. The molecule has 2 aromatic heterocycles. The number of pyridine rings is 1. The maximum absolute atomic E-state index is 11.4. The number of nitrogens with zero attached hydrogens (tertiary/aromatic N) is 2. The summed E-state index contributed by atoms with van der Waals surface area (Å²) in [6, 6.07) is 13.0. The number of carboxylic acids is 1. The number of carboxylic acid groups (broad SMARTS) is 1. The van der Waals surface area contributed by atoms with Crippen LogP contribution < -0.4 is 0 Å². The third kappa shape index (κ3) is 2.31. The molecule has 5 heteroatoms. The van der Waals surface area contributed by atoms with Crippen molar-refractivity contribution in [3.05, 3.63) is 59.7 Å². The van der Waals surface area contributed by atoms with E-state index < -0.39 is 5.97 Å². The highest BCUT2D eigenvalue weighted by Gasteiger charge is 2.19. The number of hydrogen-bond acceptors (Lipinski definition) is 4. The second-order valence-corrected chi connectivity index (χ2v) is 5.10. The molecule has 0 aliphatic carbocycles. The van der Waals surface area contributed by atoms with Gasteiger partial charge in [-0.1, -0.05) is 30.3 Å². The molecule has 3 aromatic rings. The summed E-state index contributed by atoms with van der Waals surface area (Å²) < 4.78 is 0. The molecular formula is C15H10N2O2S. The maximum Gasteiger partial charge on any atom is 0.348 e. The van der Waals surface area contributed by atoms with Gasteiger partial charge >= 0.3 is 5.97 Å². The smallest absolute Gasteiger partial charge is 0.348 e. The Kier molecular flexibility index (Phi) is 3.26. The first-order valence-corrected chi connectivity index (χ1v) is 6.77. The lowest BCUT2D eigenvalue weighted by Crippen LogP contribution is -1.95. The fourth-order valence-corrected chi connectivity index (χ4v) is 2.81. The molecule has 0 aliphatic rings. The number of hydrogen-bond donors (Lipinski definition) is 1. The average Bonchev–Trinajstić information content (AvgIpc) is 2.94. The molecule has 0 spiro atoms. The second kappa shape index (κ2) is 5.22. The molecule has 0 amide bonds.